The summed E-state index contributed by atoms with van der Waals surface area (Å²) in [5.41, 5.74) is 5.61. The van der Waals surface area contributed by atoms with E-state index in [1.807, 2.05) is 0 Å². The van der Waals surface area contributed by atoms with Crippen molar-refractivity contribution in [2.45, 2.75) is 19.5 Å². The van der Waals surface area contributed by atoms with E-state index < -0.39 is 0 Å². The monoisotopic (exact) mass is 277 g/mol. The normalized spacial score (nSPS) is 12.2. The molecule has 2 aromatic rings. The van der Waals surface area contributed by atoms with Gasteiger partial charge in [0.15, 0.2) is 0 Å². The molecule has 1 aromatic heterocycles. The highest BCUT2D eigenvalue weighted by atomic mass is 19.1. The van der Waals surface area contributed by atoms with Crippen molar-refractivity contribution in [3.63, 3.8) is 0 Å². The van der Waals surface area contributed by atoms with E-state index in [2.05, 4.69) is 5.10 Å². The summed E-state index contributed by atoms with van der Waals surface area (Å²) in [6, 6.07) is 7.46. The third-order valence-electron chi connectivity index (χ3n) is 2.64. The van der Waals surface area contributed by atoms with Gasteiger partial charge in [-0.1, -0.05) is 18.2 Å². The Kier molecular flexibility index (Phi) is 4.47. The zero-order chi connectivity index (χ0) is 14.5. The van der Waals surface area contributed by atoms with Crippen molar-refractivity contribution in [2.24, 2.45) is 5.73 Å². The molecule has 20 heavy (non-hydrogen) atoms. The fraction of sp³-hybridized carbons (Fsp3) is 0.286. The molecule has 0 aliphatic rings. The third-order valence-corrected chi connectivity index (χ3v) is 2.64. The summed E-state index contributed by atoms with van der Waals surface area (Å²) in [7, 11) is 0. The summed E-state index contributed by atoms with van der Waals surface area (Å²) in [4.78, 5) is 11.9. The van der Waals surface area contributed by atoms with Gasteiger partial charge in [0.2, 0.25) is 0 Å². The Bertz CT molecular complexity index is 640. The van der Waals surface area contributed by atoms with Crippen LogP contribution in [0, 0.1) is 5.82 Å². The second kappa shape index (κ2) is 6.29. The van der Waals surface area contributed by atoms with Crippen LogP contribution in [0.5, 0.6) is 5.75 Å². The van der Waals surface area contributed by atoms with Gasteiger partial charge < -0.3 is 10.5 Å². The molecule has 0 radical (unpaired) electrons. The van der Waals surface area contributed by atoms with Gasteiger partial charge in [-0.3, -0.25) is 4.79 Å². The third kappa shape index (κ3) is 3.64. The Morgan fingerprint density at radius 3 is 2.85 bits per heavy atom. The molecule has 0 saturated heterocycles. The molecule has 0 amide bonds. The van der Waals surface area contributed by atoms with Crippen molar-refractivity contribution in [1.82, 2.24) is 9.78 Å². The molecule has 6 heteroatoms. The van der Waals surface area contributed by atoms with E-state index in [9.17, 15) is 9.18 Å². The molecule has 0 aliphatic carbocycles. The molecule has 1 heterocycles. The topological polar surface area (TPSA) is 70.1 Å². The number of hydrogen-bond donors (Lipinski definition) is 1. The second-order valence-corrected chi connectivity index (χ2v) is 4.57. The molecule has 0 saturated carbocycles. The molecule has 2 rings (SSSR count). The number of nitrogens with two attached hydrogens (primary N) is 1. The number of hydrogen-bond acceptors (Lipinski definition) is 4. The van der Waals surface area contributed by atoms with Crippen LogP contribution in [-0.4, -0.2) is 22.4 Å². The van der Waals surface area contributed by atoms with Crippen molar-refractivity contribution in [3.05, 3.63) is 58.3 Å². The zero-order valence-corrected chi connectivity index (χ0v) is 11.1. The molecule has 0 bridgehead atoms. The largest absolute Gasteiger partial charge is 0.490 e. The molecule has 0 spiro atoms. The molecule has 1 unspecified atom stereocenters. The molecular weight excluding hydrogens is 261 g/mol. The summed E-state index contributed by atoms with van der Waals surface area (Å²) in [6.07, 6.45) is 1.42. The summed E-state index contributed by atoms with van der Waals surface area (Å²) in [5, 5.41) is 3.96. The number of nitrogens with zero attached hydrogens (tertiary/aromatic N) is 2. The first-order valence-electron chi connectivity index (χ1n) is 6.25. The molecule has 106 valence electrons. The average molecular weight is 277 g/mol. The van der Waals surface area contributed by atoms with E-state index in [1.54, 1.807) is 25.1 Å². The van der Waals surface area contributed by atoms with Crippen molar-refractivity contribution < 1.29 is 9.13 Å². The number of benzene rings is 1. The SMILES string of the molecule is CC(N)COc1cnn(Cc2ccccc2F)c(=O)c1. The second-order valence-electron chi connectivity index (χ2n) is 4.57. The molecule has 1 atom stereocenters. The Morgan fingerprint density at radius 2 is 2.20 bits per heavy atom. The summed E-state index contributed by atoms with van der Waals surface area (Å²) in [5.74, 6) is -0.00410. The standard InChI is InChI=1S/C14H16FN3O2/c1-10(16)9-20-12-6-14(19)18(17-7-12)8-11-4-2-3-5-13(11)15/h2-7,10H,8-9,16H2,1H3. The summed E-state index contributed by atoms with van der Waals surface area (Å²) >= 11 is 0. The first-order valence-corrected chi connectivity index (χ1v) is 6.25. The van der Waals surface area contributed by atoms with Crippen LogP contribution in [0.3, 0.4) is 0 Å². The van der Waals surface area contributed by atoms with Gasteiger partial charge in [-0.15, -0.1) is 0 Å². The minimum Gasteiger partial charge on any atom is -0.490 e. The van der Waals surface area contributed by atoms with Crippen LogP contribution in [0.1, 0.15) is 12.5 Å². The minimum atomic E-state index is -0.363. The van der Waals surface area contributed by atoms with Gasteiger partial charge in [-0.25, -0.2) is 9.07 Å². The van der Waals surface area contributed by atoms with Crippen molar-refractivity contribution in [2.75, 3.05) is 6.61 Å². The van der Waals surface area contributed by atoms with Crippen LogP contribution in [0.4, 0.5) is 4.39 Å². The van der Waals surface area contributed by atoms with Crippen LogP contribution in [0.2, 0.25) is 0 Å². The van der Waals surface area contributed by atoms with E-state index in [4.69, 9.17) is 10.5 Å². The fourth-order valence-corrected chi connectivity index (χ4v) is 1.63. The maximum Gasteiger partial charge on any atom is 0.270 e. The van der Waals surface area contributed by atoms with Gasteiger partial charge >= 0.3 is 0 Å². The average Bonchev–Trinajstić information content (AvgIpc) is 2.41. The Hall–Kier alpha value is -2.21. The van der Waals surface area contributed by atoms with E-state index in [0.717, 1.165) is 0 Å². The minimum absolute atomic E-state index is 0.0824. The maximum absolute atomic E-state index is 13.5. The van der Waals surface area contributed by atoms with Gasteiger partial charge in [0.05, 0.1) is 12.7 Å². The van der Waals surface area contributed by atoms with Crippen molar-refractivity contribution in [1.29, 1.82) is 0 Å². The lowest BCUT2D eigenvalue weighted by atomic mass is 10.2. The summed E-state index contributed by atoms with van der Waals surface area (Å²) < 4.78 is 20.0. The van der Waals surface area contributed by atoms with Crippen LogP contribution in [-0.2, 0) is 6.54 Å². The lowest BCUT2D eigenvalue weighted by Crippen LogP contribution is -2.26. The van der Waals surface area contributed by atoms with E-state index in [-0.39, 0.29) is 24.0 Å². The van der Waals surface area contributed by atoms with E-state index in [0.29, 0.717) is 17.9 Å². The van der Waals surface area contributed by atoms with Gasteiger partial charge in [-0.05, 0) is 13.0 Å². The highest BCUT2D eigenvalue weighted by Crippen LogP contribution is 2.08. The lowest BCUT2D eigenvalue weighted by Gasteiger charge is -2.09. The van der Waals surface area contributed by atoms with E-state index in [1.165, 1.54) is 23.0 Å². The first-order chi connectivity index (χ1) is 9.56. The lowest BCUT2D eigenvalue weighted by molar-refractivity contribution is 0.293. The number of rotatable bonds is 5. The molecule has 0 fully saturated rings. The maximum atomic E-state index is 13.5. The predicted molar refractivity (Wildman–Crippen MR) is 73.1 cm³/mol. The number of halogens is 1. The van der Waals surface area contributed by atoms with Gasteiger partial charge in [-0.2, -0.15) is 5.10 Å². The van der Waals surface area contributed by atoms with Gasteiger partial charge in [0, 0.05) is 17.7 Å². The van der Waals surface area contributed by atoms with Crippen molar-refractivity contribution in [3.8, 4) is 5.75 Å². The van der Waals surface area contributed by atoms with Crippen LogP contribution in [0.15, 0.2) is 41.3 Å². The Labute approximate surface area is 115 Å². The van der Waals surface area contributed by atoms with Crippen LogP contribution < -0.4 is 16.0 Å². The van der Waals surface area contributed by atoms with Crippen LogP contribution >= 0.6 is 0 Å². The molecular formula is C14H16FN3O2. The zero-order valence-electron chi connectivity index (χ0n) is 11.1. The molecule has 0 aliphatic heterocycles. The number of ether oxygens (including phenoxy) is 1. The fourth-order valence-electron chi connectivity index (χ4n) is 1.63. The van der Waals surface area contributed by atoms with Gasteiger partial charge in [0.25, 0.3) is 5.56 Å². The van der Waals surface area contributed by atoms with Crippen molar-refractivity contribution >= 4 is 0 Å². The number of aromatic nitrogens is 2. The molecule has 1 aromatic carbocycles. The predicted octanol–water partition coefficient (Wildman–Crippen LogP) is 1.16. The van der Waals surface area contributed by atoms with Crippen LogP contribution in [0.25, 0.3) is 0 Å². The van der Waals surface area contributed by atoms with Gasteiger partial charge in [0.1, 0.15) is 18.2 Å². The van der Waals surface area contributed by atoms with E-state index >= 15 is 0 Å². The first kappa shape index (κ1) is 14.2. The Balaban J connectivity index is 2.14. The quantitative estimate of drug-likeness (QED) is 0.890. The molecule has 5 nitrogen and oxygen atoms in total. The highest BCUT2D eigenvalue weighted by Gasteiger charge is 2.06. The summed E-state index contributed by atoms with van der Waals surface area (Å²) in [6.45, 7) is 2.18. The smallest absolute Gasteiger partial charge is 0.270 e. The Morgan fingerprint density at radius 1 is 1.45 bits per heavy atom. The highest BCUT2D eigenvalue weighted by molar-refractivity contribution is 5.18. The molecule has 2 N–H and O–H groups in total.